The van der Waals surface area contributed by atoms with Gasteiger partial charge in [-0.2, -0.15) is 0 Å². The second kappa shape index (κ2) is 8.95. The lowest BCUT2D eigenvalue weighted by atomic mass is 10.0. The van der Waals surface area contributed by atoms with Gasteiger partial charge in [0.25, 0.3) is 0 Å². The van der Waals surface area contributed by atoms with Crippen LogP contribution in [0.15, 0.2) is 24.3 Å². The van der Waals surface area contributed by atoms with Crippen LogP contribution in [0, 0.1) is 0 Å². The average Bonchev–Trinajstić information content (AvgIpc) is 2.44. The van der Waals surface area contributed by atoms with Crippen molar-refractivity contribution in [3.8, 4) is 5.75 Å². The number of ether oxygens (including phenoxy) is 1. The Morgan fingerprint density at radius 1 is 1.15 bits per heavy atom. The number of benzene rings is 1. The first kappa shape index (κ1) is 17.0. The van der Waals surface area contributed by atoms with Crippen molar-refractivity contribution in [3.63, 3.8) is 0 Å². The number of hydrogen-bond acceptors (Lipinski definition) is 4. The van der Waals surface area contributed by atoms with E-state index < -0.39 is 0 Å². The molecular weight excluding hydrogens is 250 g/mol. The third kappa shape index (κ3) is 5.49. The number of likely N-dealkylation sites (N-methyl/N-ethyl adjacent to an activating group) is 3. The summed E-state index contributed by atoms with van der Waals surface area (Å²) in [4.78, 5) is 4.57. The van der Waals surface area contributed by atoms with E-state index in [1.165, 1.54) is 5.56 Å². The van der Waals surface area contributed by atoms with E-state index in [-0.39, 0.29) is 0 Å². The van der Waals surface area contributed by atoms with Crippen LogP contribution >= 0.6 is 0 Å². The van der Waals surface area contributed by atoms with E-state index in [4.69, 9.17) is 4.74 Å². The Morgan fingerprint density at radius 3 is 2.45 bits per heavy atom. The average molecular weight is 279 g/mol. The molecule has 1 unspecified atom stereocenters. The summed E-state index contributed by atoms with van der Waals surface area (Å²) in [5.41, 5.74) is 1.23. The van der Waals surface area contributed by atoms with Gasteiger partial charge in [-0.3, -0.25) is 0 Å². The normalized spacial score (nSPS) is 12.9. The molecule has 20 heavy (non-hydrogen) atoms. The molecule has 0 aliphatic rings. The molecule has 0 heterocycles. The molecule has 0 spiro atoms. The molecule has 4 heteroatoms. The van der Waals surface area contributed by atoms with Crippen LogP contribution in [0.5, 0.6) is 5.75 Å². The maximum absolute atomic E-state index is 5.49. The molecule has 1 aromatic carbocycles. The molecule has 1 aromatic rings. The molecule has 0 fully saturated rings. The lowest BCUT2D eigenvalue weighted by Gasteiger charge is -2.27. The Hall–Kier alpha value is -1.10. The minimum atomic E-state index is 0.295. The van der Waals surface area contributed by atoms with Gasteiger partial charge >= 0.3 is 0 Å². The quantitative estimate of drug-likeness (QED) is 0.746. The van der Waals surface area contributed by atoms with Crippen molar-refractivity contribution in [1.29, 1.82) is 0 Å². The van der Waals surface area contributed by atoms with Crippen LogP contribution in [0.25, 0.3) is 0 Å². The molecule has 0 aliphatic heterocycles. The first-order valence-corrected chi connectivity index (χ1v) is 7.28. The fourth-order valence-corrected chi connectivity index (χ4v) is 2.25. The third-order valence-electron chi connectivity index (χ3n) is 3.39. The topological polar surface area (TPSA) is 27.7 Å². The van der Waals surface area contributed by atoms with Gasteiger partial charge in [-0.15, -0.1) is 0 Å². The molecule has 0 aliphatic carbocycles. The molecule has 1 N–H and O–H groups in total. The van der Waals surface area contributed by atoms with E-state index in [2.05, 4.69) is 55.3 Å². The van der Waals surface area contributed by atoms with Crippen molar-refractivity contribution < 1.29 is 4.74 Å². The Morgan fingerprint density at radius 2 is 1.85 bits per heavy atom. The zero-order chi connectivity index (χ0) is 15.0. The van der Waals surface area contributed by atoms with Crippen LogP contribution < -0.4 is 10.1 Å². The van der Waals surface area contributed by atoms with E-state index in [1.807, 2.05) is 12.1 Å². The lowest BCUT2D eigenvalue weighted by molar-refractivity contribution is 0.255. The van der Waals surface area contributed by atoms with Crippen molar-refractivity contribution in [2.45, 2.75) is 13.0 Å². The van der Waals surface area contributed by atoms with Gasteiger partial charge in [0, 0.05) is 31.2 Å². The summed E-state index contributed by atoms with van der Waals surface area (Å²) in [6.45, 7) is 6.19. The van der Waals surface area contributed by atoms with Gasteiger partial charge in [-0.1, -0.05) is 25.1 Å². The Balaban J connectivity index is 2.72. The van der Waals surface area contributed by atoms with E-state index in [1.54, 1.807) is 7.11 Å². The number of nitrogens with one attached hydrogen (secondary N) is 1. The van der Waals surface area contributed by atoms with Crippen LogP contribution in [0.4, 0.5) is 0 Å². The summed E-state index contributed by atoms with van der Waals surface area (Å²) >= 11 is 0. The Kier molecular flexibility index (Phi) is 7.59. The molecule has 1 rings (SSSR count). The predicted octanol–water partition coefficient (Wildman–Crippen LogP) is 1.84. The largest absolute Gasteiger partial charge is 0.496 e. The second-order valence-corrected chi connectivity index (χ2v) is 5.42. The summed E-state index contributed by atoms with van der Waals surface area (Å²) in [6, 6.07) is 8.55. The standard InChI is InChI=1S/C16H29N3O/c1-6-17-15(13-19(4)12-11-18(2)3)14-9-7-8-10-16(14)20-5/h7-10,15,17H,6,11-13H2,1-5H3. The highest BCUT2D eigenvalue weighted by Gasteiger charge is 2.16. The van der Waals surface area contributed by atoms with E-state index >= 15 is 0 Å². The molecule has 114 valence electrons. The summed E-state index contributed by atoms with van der Waals surface area (Å²) in [6.07, 6.45) is 0. The predicted molar refractivity (Wildman–Crippen MR) is 85.5 cm³/mol. The minimum absolute atomic E-state index is 0.295. The monoisotopic (exact) mass is 279 g/mol. The fourth-order valence-electron chi connectivity index (χ4n) is 2.25. The third-order valence-corrected chi connectivity index (χ3v) is 3.39. The number of nitrogens with zero attached hydrogens (tertiary/aromatic N) is 2. The van der Waals surface area contributed by atoms with Gasteiger partial charge in [-0.25, -0.2) is 0 Å². The minimum Gasteiger partial charge on any atom is -0.496 e. The molecule has 0 aromatic heterocycles. The molecule has 1 atom stereocenters. The van der Waals surface area contributed by atoms with Gasteiger partial charge in [0.05, 0.1) is 7.11 Å². The molecule has 0 bridgehead atoms. The van der Waals surface area contributed by atoms with Crippen molar-refractivity contribution >= 4 is 0 Å². The van der Waals surface area contributed by atoms with Crippen molar-refractivity contribution in [1.82, 2.24) is 15.1 Å². The van der Waals surface area contributed by atoms with E-state index in [9.17, 15) is 0 Å². The van der Waals surface area contributed by atoms with Crippen molar-refractivity contribution in [3.05, 3.63) is 29.8 Å². The summed E-state index contributed by atoms with van der Waals surface area (Å²) < 4.78 is 5.49. The van der Waals surface area contributed by atoms with Gasteiger partial charge in [0.2, 0.25) is 0 Å². The van der Waals surface area contributed by atoms with E-state index in [0.717, 1.165) is 31.9 Å². The lowest BCUT2D eigenvalue weighted by Crippen LogP contribution is -2.36. The smallest absolute Gasteiger partial charge is 0.123 e. The maximum Gasteiger partial charge on any atom is 0.123 e. The number of para-hydroxylation sites is 1. The van der Waals surface area contributed by atoms with Crippen molar-refractivity contribution in [2.75, 3.05) is 54.4 Å². The van der Waals surface area contributed by atoms with Gasteiger partial charge in [0.15, 0.2) is 0 Å². The summed E-state index contributed by atoms with van der Waals surface area (Å²) in [7, 11) is 8.12. The molecule has 0 radical (unpaired) electrons. The SMILES string of the molecule is CCNC(CN(C)CCN(C)C)c1ccccc1OC. The molecule has 0 saturated carbocycles. The van der Waals surface area contributed by atoms with Crippen LogP contribution in [-0.2, 0) is 0 Å². The van der Waals surface area contributed by atoms with Crippen LogP contribution in [0.2, 0.25) is 0 Å². The van der Waals surface area contributed by atoms with E-state index in [0.29, 0.717) is 6.04 Å². The zero-order valence-corrected chi connectivity index (χ0v) is 13.5. The molecule has 0 amide bonds. The number of hydrogen-bond donors (Lipinski definition) is 1. The highest BCUT2D eigenvalue weighted by molar-refractivity contribution is 5.36. The summed E-state index contributed by atoms with van der Waals surface area (Å²) in [5, 5.41) is 3.56. The van der Waals surface area contributed by atoms with Crippen LogP contribution in [0.3, 0.4) is 0 Å². The van der Waals surface area contributed by atoms with Crippen LogP contribution in [0.1, 0.15) is 18.5 Å². The summed E-state index contributed by atoms with van der Waals surface area (Å²) in [5.74, 6) is 0.958. The first-order valence-electron chi connectivity index (χ1n) is 7.28. The fraction of sp³-hybridized carbons (Fsp3) is 0.625. The highest BCUT2D eigenvalue weighted by Crippen LogP contribution is 2.25. The second-order valence-electron chi connectivity index (χ2n) is 5.42. The van der Waals surface area contributed by atoms with Gasteiger partial charge < -0.3 is 19.9 Å². The number of rotatable bonds is 9. The molecule has 4 nitrogen and oxygen atoms in total. The van der Waals surface area contributed by atoms with Gasteiger partial charge in [-0.05, 0) is 33.8 Å². The Labute approximate surface area is 123 Å². The number of methoxy groups -OCH3 is 1. The Bertz CT molecular complexity index is 382. The van der Waals surface area contributed by atoms with Crippen LogP contribution in [-0.4, -0.2) is 64.2 Å². The highest BCUT2D eigenvalue weighted by atomic mass is 16.5. The maximum atomic E-state index is 5.49. The zero-order valence-electron chi connectivity index (χ0n) is 13.5. The first-order chi connectivity index (χ1) is 9.58. The van der Waals surface area contributed by atoms with Crippen molar-refractivity contribution in [2.24, 2.45) is 0 Å². The molecular formula is C16H29N3O. The molecule has 0 saturated heterocycles. The van der Waals surface area contributed by atoms with Gasteiger partial charge in [0.1, 0.15) is 5.75 Å².